The van der Waals surface area contributed by atoms with Crippen LogP contribution in [0.2, 0.25) is 0 Å². The highest BCUT2D eigenvalue weighted by Crippen LogP contribution is 2.34. The molecule has 1 aromatic rings. The van der Waals surface area contributed by atoms with Gasteiger partial charge < -0.3 is 14.3 Å². The second kappa shape index (κ2) is 6.38. The Bertz CT molecular complexity index is 466. The molecule has 1 N–H and O–H groups in total. The molecule has 1 fully saturated rings. The predicted molar refractivity (Wildman–Crippen MR) is 81.9 cm³/mol. The largest absolute Gasteiger partial charge is 0.368 e. The van der Waals surface area contributed by atoms with Gasteiger partial charge in [0, 0.05) is 0 Å². The Morgan fingerprint density at radius 3 is 2.60 bits per heavy atom. The zero-order valence-corrected chi connectivity index (χ0v) is 13.8. The van der Waals surface area contributed by atoms with Crippen LogP contribution in [0.5, 0.6) is 0 Å². The van der Waals surface area contributed by atoms with Crippen molar-refractivity contribution in [1.82, 2.24) is 5.48 Å². The maximum Gasteiger partial charge on any atom is 0.356 e. The Hall–Kier alpha value is -0.700. The van der Waals surface area contributed by atoms with Crippen LogP contribution in [0.1, 0.15) is 32.4 Å². The van der Waals surface area contributed by atoms with E-state index in [1.165, 1.54) is 0 Å². The van der Waals surface area contributed by atoms with E-state index in [-0.39, 0.29) is 12.1 Å². The molecule has 5 nitrogen and oxygen atoms in total. The van der Waals surface area contributed by atoms with Crippen molar-refractivity contribution in [3.05, 3.63) is 35.9 Å². The summed E-state index contributed by atoms with van der Waals surface area (Å²) in [5.41, 5.74) is 3.77. The van der Waals surface area contributed by atoms with Crippen LogP contribution in [-0.4, -0.2) is 22.0 Å². The topological polar surface area (TPSA) is 56.8 Å². The van der Waals surface area contributed by atoms with Crippen LogP contribution >= 0.6 is 22.6 Å². The third-order valence-corrected chi connectivity index (χ3v) is 3.54. The van der Waals surface area contributed by atoms with Crippen LogP contribution in [-0.2, 0) is 19.1 Å². The molecule has 20 heavy (non-hydrogen) atoms. The molecule has 4 atom stereocenters. The van der Waals surface area contributed by atoms with Crippen molar-refractivity contribution in [2.75, 3.05) is 0 Å². The van der Waals surface area contributed by atoms with Gasteiger partial charge in [-0.3, -0.25) is 0 Å². The lowest BCUT2D eigenvalue weighted by atomic mass is 10.1. The minimum atomic E-state index is -0.786. The van der Waals surface area contributed by atoms with Gasteiger partial charge in [0.05, 0.1) is 12.1 Å². The monoisotopic (exact) mass is 391 g/mol. The first-order valence-electron chi connectivity index (χ1n) is 6.45. The molecule has 6 heteroatoms. The van der Waals surface area contributed by atoms with E-state index >= 15 is 0 Å². The van der Waals surface area contributed by atoms with Crippen LogP contribution in [0.4, 0.5) is 0 Å². The lowest BCUT2D eigenvalue weighted by molar-refractivity contribution is -0.167. The number of hydrogen-bond acceptors (Lipinski definition) is 5. The van der Waals surface area contributed by atoms with Crippen molar-refractivity contribution in [1.29, 1.82) is 0 Å². The van der Waals surface area contributed by atoms with E-state index in [0.717, 1.165) is 5.56 Å². The highest BCUT2D eigenvalue weighted by molar-refractivity contribution is 14.1. The summed E-state index contributed by atoms with van der Waals surface area (Å²) in [7, 11) is 0. The molecular formula is C14H18INO4. The molecule has 0 bridgehead atoms. The van der Waals surface area contributed by atoms with Crippen LogP contribution < -0.4 is 5.48 Å². The van der Waals surface area contributed by atoms with Gasteiger partial charge in [-0.05, 0) is 48.9 Å². The van der Waals surface area contributed by atoms with E-state index in [1.807, 2.05) is 59.8 Å². The van der Waals surface area contributed by atoms with Crippen molar-refractivity contribution in [3.63, 3.8) is 0 Å². The molecule has 1 heterocycles. The average Bonchev–Trinajstić information content (AvgIpc) is 2.70. The summed E-state index contributed by atoms with van der Waals surface area (Å²) in [5, 5.41) is 0. The Labute approximate surface area is 132 Å². The van der Waals surface area contributed by atoms with E-state index in [4.69, 9.17) is 14.3 Å². The summed E-state index contributed by atoms with van der Waals surface area (Å²) in [4.78, 5) is 17.1. The molecule has 1 aromatic carbocycles. The number of rotatable bonds is 4. The van der Waals surface area contributed by atoms with Gasteiger partial charge in [-0.2, -0.15) is 0 Å². The van der Waals surface area contributed by atoms with Gasteiger partial charge >= 0.3 is 5.97 Å². The number of carbonyl (C=O) groups excluding carboxylic acids is 1. The standard InChI is InChI=1S/C14H18INO4/c1-9(11-7-5-4-6-8-11)16-20-13(17)12-10(2)18-14(3,15)19-12/h4-10,12,16H,1-3H3/t9-,10?,12?,14?/m0/s1. The zero-order valence-electron chi connectivity index (χ0n) is 11.6. The molecule has 0 aromatic heterocycles. The van der Waals surface area contributed by atoms with Crippen molar-refractivity contribution in [2.45, 2.75) is 42.8 Å². The molecule has 1 aliphatic rings. The number of benzene rings is 1. The van der Waals surface area contributed by atoms with E-state index in [0.29, 0.717) is 0 Å². The number of hydrogen-bond donors (Lipinski definition) is 1. The summed E-state index contributed by atoms with van der Waals surface area (Å²) in [6.07, 6.45) is -1.05. The lowest BCUT2D eigenvalue weighted by Gasteiger charge is -2.17. The van der Waals surface area contributed by atoms with Gasteiger partial charge in [-0.1, -0.05) is 30.3 Å². The third-order valence-electron chi connectivity index (χ3n) is 3.03. The quantitative estimate of drug-likeness (QED) is 0.486. The summed E-state index contributed by atoms with van der Waals surface area (Å²) in [6, 6.07) is 9.65. The summed E-state index contributed by atoms with van der Waals surface area (Å²) < 4.78 is 10.2. The first-order valence-corrected chi connectivity index (χ1v) is 7.52. The van der Waals surface area contributed by atoms with Crippen LogP contribution in [0.15, 0.2) is 30.3 Å². The second-order valence-corrected chi connectivity index (χ2v) is 6.83. The number of hydroxylamine groups is 1. The molecular weight excluding hydrogens is 373 g/mol. The normalized spacial score (nSPS) is 31.0. The van der Waals surface area contributed by atoms with Gasteiger partial charge in [0.15, 0.2) is 6.10 Å². The Morgan fingerprint density at radius 1 is 1.40 bits per heavy atom. The Morgan fingerprint density at radius 2 is 2.05 bits per heavy atom. The van der Waals surface area contributed by atoms with Gasteiger partial charge in [0.2, 0.25) is 3.79 Å². The van der Waals surface area contributed by atoms with E-state index < -0.39 is 15.9 Å². The first kappa shape index (κ1) is 15.7. The molecule has 110 valence electrons. The SMILES string of the molecule is CC1OC(C)(I)OC1C(=O)ON[C@@H](C)c1ccccc1. The minimum Gasteiger partial charge on any atom is -0.368 e. The fraction of sp³-hybridized carbons (Fsp3) is 0.500. The highest BCUT2D eigenvalue weighted by Gasteiger charge is 2.45. The predicted octanol–water partition coefficient (Wildman–Crippen LogP) is 2.71. The van der Waals surface area contributed by atoms with Gasteiger partial charge in [-0.15, -0.1) is 5.48 Å². The fourth-order valence-corrected chi connectivity index (χ4v) is 2.67. The van der Waals surface area contributed by atoms with Crippen LogP contribution in [0, 0.1) is 0 Å². The molecule has 1 aliphatic heterocycles. The van der Waals surface area contributed by atoms with E-state index in [2.05, 4.69) is 5.48 Å². The van der Waals surface area contributed by atoms with E-state index in [1.54, 1.807) is 13.8 Å². The molecule has 2 rings (SSSR count). The van der Waals surface area contributed by atoms with Gasteiger partial charge in [0.25, 0.3) is 0 Å². The number of halogens is 1. The highest BCUT2D eigenvalue weighted by atomic mass is 127. The third kappa shape index (κ3) is 3.91. The van der Waals surface area contributed by atoms with Crippen LogP contribution in [0.25, 0.3) is 0 Å². The molecule has 3 unspecified atom stereocenters. The number of carbonyl (C=O) groups is 1. The molecule has 0 spiro atoms. The maximum absolute atomic E-state index is 12.0. The maximum atomic E-state index is 12.0. The first-order chi connectivity index (χ1) is 9.39. The van der Waals surface area contributed by atoms with Crippen molar-refractivity contribution >= 4 is 28.6 Å². The molecule has 1 saturated heterocycles. The Kier molecular flexibility index (Phi) is 5.00. The number of alkyl halides is 1. The fourth-order valence-electron chi connectivity index (χ4n) is 2.00. The molecule has 0 aliphatic carbocycles. The summed E-state index contributed by atoms with van der Waals surface area (Å²) in [6.45, 7) is 5.47. The minimum absolute atomic E-state index is 0.0937. The molecule has 0 saturated carbocycles. The van der Waals surface area contributed by atoms with Gasteiger partial charge in [-0.25, -0.2) is 4.79 Å². The van der Waals surface area contributed by atoms with Crippen molar-refractivity contribution in [3.8, 4) is 0 Å². The molecule has 0 amide bonds. The smallest absolute Gasteiger partial charge is 0.356 e. The van der Waals surface area contributed by atoms with Crippen molar-refractivity contribution < 1.29 is 19.1 Å². The number of nitrogens with one attached hydrogen (secondary N) is 1. The number of ether oxygens (including phenoxy) is 2. The summed E-state index contributed by atoms with van der Waals surface area (Å²) >= 11 is 2.01. The second-order valence-electron chi connectivity index (χ2n) is 4.87. The summed E-state index contributed by atoms with van der Waals surface area (Å²) in [5.74, 6) is -0.472. The van der Waals surface area contributed by atoms with Crippen LogP contribution in [0.3, 0.4) is 0 Å². The molecule has 0 radical (unpaired) electrons. The Balaban J connectivity index is 1.87. The van der Waals surface area contributed by atoms with E-state index in [9.17, 15) is 4.79 Å². The zero-order chi connectivity index (χ0) is 14.8. The van der Waals surface area contributed by atoms with Crippen molar-refractivity contribution in [2.24, 2.45) is 0 Å². The average molecular weight is 391 g/mol. The lowest BCUT2D eigenvalue weighted by Crippen LogP contribution is -2.36. The van der Waals surface area contributed by atoms with Gasteiger partial charge in [0.1, 0.15) is 0 Å².